The van der Waals surface area contributed by atoms with Gasteiger partial charge in [0.15, 0.2) is 10.9 Å². The Morgan fingerprint density at radius 2 is 2.04 bits per heavy atom. The number of nitrogens with zero attached hydrogens (tertiary/aromatic N) is 4. The maximum Gasteiger partial charge on any atom is 0.271 e. The highest BCUT2D eigenvalue weighted by molar-refractivity contribution is 7.98. The molecule has 2 aromatic rings. The number of ether oxygens (including phenoxy) is 1. The van der Waals surface area contributed by atoms with Crippen LogP contribution in [0.5, 0.6) is 0 Å². The molecule has 0 spiro atoms. The molecule has 0 aliphatic carbocycles. The van der Waals surface area contributed by atoms with Gasteiger partial charge in [-0.1, -0.05) is 29.4 Å². The Kier molecular flexibility index (Phi) is 6.51. The van der Waals surface area contributed by atoms with E-state index in [0.29, 0.717) is 11.7 Å². The van der Waals surface area contributed by atoms with Crippen LogP contribution < -0.4 is 10.2 Å². The Balaban J connectivity index is 1.61. The second-order valence-corrected chi connectivity index (χ2v) is 7.60. The van der Waals surface area contributed by atoms with Crippen LogP contribution in [0.25, 0.3) is 0 Å². The lowest BCUT2D eigenvalue weighted by Crippen LogP contribution is -2.45. The van der Waals surface area contributed by atoms with E-state index in [9.17, 15) is 4.79 Å². The number of amides is 1. The van der Waals surface area contributed by atoms with E-state index >= 15 is 0 Å². The van der Waals surface area contributed by atoms with Crippen molar-refractivity contribution in [1.29, 1.82) is 0 Å². The smallest absolute Gasteiger partial charge is 0.271 e. The van der Waals surface area contributed by atoms with Gasteiger partial charge in [0, 0.05) is 25.8 Å². The van der Waals surface area contributed by atoms with Crippen LogP contribution in [0.4, 0.5) is 5.82 Å². The molecule has 0 radical (unpaired) electrons. The third-order valence-electron chi connectivity index (χ3n) is 4.13. The molecule has 1 aliphatic rings. The van der Waals surface area contributed by atoms with Crippen LogP contribution in [0.3, 0.4) is 0 Å². The van der Waals surface area contributed by atoms with E-state index in [2.05, 4.69) is 39.0 Å². The summed E-state index contributed by atoms with van der Waals surface area (Å²) < 4.78 is 5.76. The first-order valence-corrected chi connectivity index (χ1v) is 10.3. The molecule has 0 saturated carbocycles. The molecule has 2 aromatic heterocycles. The largest absolute Gasteiger partial charge is 0.372 e. The van der Waals surface area contributed by atoms with Crippen molar-refractivity contribution in [2.24, 2.45) is 0 Å². The van der Waals surface area contributed by atoms with Crippen molar-refractivity contribution >= 4 is 35.1 Å². The molecule has 1 N–H and O–H groups in total. The van der Waals surface area contributed by atoms with Crippen LogP contribution in [-0.4, -0.2) is 52.4 Å². The van der Waals surface area contributed by atoms with Gasteiger partial charge >= 0.3 is 0 Å². The Labute approximate surface area is 167 Å². The Bertz CT molecular complexity index is 795. The summed E-state index contributed by atoms with van der Waals surface area (Å²) in [6.07, 6.45) is 5.41. The van der Waals surface area contributed by atoms with Crippen LogP contribution in [0, 0.1) is 0 Å². The number of pyridine rings is 1. The quantitative estimate of drug-likeness (QED) is 0.602. The van der Waals surface area contributed by atoms with Gasteiger partial charge in [-0.2, -0.15) is 0 Å². The first-order chi connectivity index (χ1) is 13.0. The van der Waals surface area contributed by atoms with Crippen LogP contribution >= 0.6 is 23.4 Å². The van der Waals surface area contributed by atoms with Crippen molar-refractivity contribution < 1.29 is 9.53 Å². The molecule has 1 saturated heterocycles. The Morgan fingerprint density at radius 1 is 1.30 bits per heavy atom. The molecule has 1 fully saturated rings. The lowest BCUT2D eigenvalue weighted by atomic mass is 10.2. The minimum absolute atomic E-state index is 0.178. The maximum absolute atomic E-state index is 12.4. The van der Waals surface area contributed by atoms with E-state index in [0.717, 1.165) is 24.5 Å². The number of nitrogens with one attached hydrogen (secondary N) is 1. The number of aromatic nitrogens is 3. The predicted octanol–water partition coefficient (Wildman–Crippen LogP) is 2.79. The lowest BCUT2D eigenvalue weighted by molar-refractivity contribution is -0.00546. The topological polar surface area (TPSA) is 80.2 Å². The predicted molar refractivity (Wildman–Crippen MR) is 106 cm³/mol. The van der Waals surface area contributed by atoms with E-state index in [1.807, 2.05) is 18.4 Å². The molecular weight excluding hydrogens is 386 g/mol. The minimum atomic E-state index is -0.336. The van der Waals surface area contributed by atoms with Crippen molar-refractivity contribution in [3.8, 4) is 0 Å². The van der Waals surface area contributed by atoms with Gasteiger partial charge in [-0.3, -0.25) is 4.79 Å². The standard InChI is InChI=1S/C18H22ClN5O2S/c1-11-9-24(10-12(2)26-11)15-5-4-13(6-20-15)7-21-17(25)16-14(19)8-22-18(23-16)27-3/h4-6,8,11-12H,7,9-10H2,1-3H3,(H,21,25)/t11-,12-/m0/s1. The van der Waals surface area contributed by atoms with E-state index < -0.39 is 0 Å². The number of carbonyl (C=O) groups is 1. The van der Waals surface area contributed by atoms with Gasteiger partial charge in [-0.05, 0) is 31.7 Å². The highest BCUT2D eigenvalue weighted by Gasteiger charge is 2.23. The molecule has 3 rings (SSSR count). The summed E-state index contributed by atoms with van der Waals surface area (Å²) in [6, 6.07) is 3.93. The van der Waals surface area contributed by atoms with Gasteiger partial charge in [0.05, 0.1) is 23.4 Å². The zero-order valence-electron chi connectivity index (χ0n) is 15.5. The zero-order chi connectivity index (χ0) is 19.4. The Hall–Kier alpha value is -1.90. The number of hydrogen-bond donors (Lipinski definition) is 1. The molecule has 3 heterocycles. The summed E-state index contributed by atoms with van der Waals surface area (Å²) in [4.78, 5) is 27.3. The highest BCUT2D eigenvalue weighted by atomic mass is 35.5. The number of carbonyl (C=O) groups excluding carboxylic acids is 1. The first kappa shape index (κ1) is 19.9. The Morgan fingerprint density at radius 3 is 2.67 bits per heavy atom. The van der Waals surface area contributed by atoms with Crippen LogP contribution in [0.15, 0.2) is 29.7 Å². The normalized spacial score (nSPS) is 19.8. The molecular formula is C18H22ClN5O2S. The van der Waals surface area contributed by atoms with Crippen LogP contribution in [0.2, 0.25) is 5.02 Å². The molecule has 0 bridgehead atoms. The number of halogens is 1. The van der Waals surface area contributed by atoms with Crippen molar-refractivity contribution in [3.63, 3.8) is 0 Å². The summed E-state index contributed by atoms with van der Waals surface area (Å²) >= 11 is 7.39. The molecule has 0 aromatic carbocycles. The fraction of sp³-hybridized carbons (Fsp3) is 0.444. The molecule has 1 aliphatic heterocycles. The van der Waals surface area contributed by atoms with Crippen molar-refractivity contribution in [2.45, 2.75) is 37.8 Å². The second-order valence-electron chi connectivity index (χ2n) is 6.42. The molecule has 2 atom stereocenters. The number of anilines is 1. The van der Waals surface area contributed by atoms with Crippen LogP contribution in [0.1, 0.15) is 29.9 Å². The average molecular weight is 408 g/mol. The van der Waals surface area contributed by atoms with Gasteiger partial charge in [0.25, 0.3) is 5.91 Å². The number of rotatable bonds is 5. The molecule has 1 amide bonds. The summed E-state index contributed by atoms with van der Waals surface area (Å²) in [6.45, 7) is 6.10. The second kappa shape index (κ2) is 8.86. The molecule has 7 nitrogen and oxygen atoms in total. The molecule has 0 unspecified atom stereocenters. The lowest BCUT2D eigenvalue weighted by Gasteiger charge is -2.36. The van der Waals surface area contributed by atoms with E-state index in [-0.39, 0.29) is 28.8 Å². The van der Waals surface area contributed by atoms with Gasteiger partial charge in [-0.15, -0.1) is 0 Å². The van der Waals surface area contributed by atoms with Gasteiger partial charge in [0.2, 0.25) is 0 Å². The molecule has 9 heteroatoms. The van der Waals surface area contributed by atoms with Crippen molar-refractivity contribution in [1.82, 2.24) is 20.3 Å². The van der Waals surface area contributed by atoms with E-state index in [4.69, 9.17) is 16.3 Å². The fourth-order valence-corrected chi connectivity index (χ4v) is 3.47. The third-order valence-corrected chi connectivity index (χ3v) is 4.96. The zero-order valence-corrected chi connectivity index (χ0v) is 17.0. The third kappa shape index (κ3) is 5.09. The highest BCUT2D eigenvalue weighted by Crippen LogP contribution is 2.19. The molecule has 144 valence electrons. The van der Waals surface area contributed by atoms with Crippen molar-refractivity contribution in [3.05, 3.63) is 40.8 Å². The number of morpholine rings is 1. The van der Waals surface area contributed by atoms with Gasteiger partial charge in [-0.25, -0.2) is 15.0 Å². The summed E-state index contributed by atoms with van der Waals surface area (Å²) in [5, 5.41) is 3.56. The summed E-state index contributed by atoms with van der Waals surface area (Å²) in [5.41, 5.74) is 1.08. The number of thioether (sulfide) groups is 1. The first-order valence-electron chi connectivity index (χ1n) is 8.66. The summed E-state index contributed by atoms with van der Waals surface area (Å²) in [7, 11) is 0. The molecule has 27 heavy (non-hydrogen) atoms. The maximum atomic E-state index is 12.4. The minimum Gasteiger partial charge on any atom is -0.372 e. The number of hydrogen-bond acceptors (Lipinski definition) is 7. The SMILES string of the molecule is CSc1ncc(Cl)c(C(=O)NCc2ccc(N3C[C@H](C)O[C@@H](C)C3)nc2)n1. The van der Waals surface area contributed by atoms with Crippen LogP contribution in [-0.2, 0) is 11.3 Å². The van der Waals surface area contributed by atoms with Gasteiger partial charge in [0.1, 0.15) is 5.82 Å². The monoisotopic (exact) mass is 407 g/mol. The average Bonchev–Trinajstić information content (AvgIpc) is 2.66. The van der Waals surface area contributed by atoms with Gasteiger partial charge < -0.3 is 15.0 Å². The van der Waals surface area contributed by atoms with E-state index in [1.54, 1.807) is 6.20 Å². The fourth-order valence-electron chi connectivity index (χ4n) is 2.95. The van der Waals surface area contributed by atoms with E-state index in [1.165, 1.54) is 18.0 Å². The summed E-state index contributed by atoms with van der Waals surface area (Å²) in [5.74, 6) is 0.577. The van der Waals surface area contributed by atoms with Crippen molar-refractivity contribution in [2.75, 3.05) is 24.2 Å².